The number of amides is 1. The normalized spacial score (nSPS) is 16.1. The summed E-state index contributed by atoms with van der Waals surface area (Å²) >= 11 is 0. The average molecular weight is 456 g/mol. The molecule has 1 fully saturated rings. The molecule has 1 aliphatic heterocycles. The van der Waals surface area contributed by atoms with Gasteiger partial charge >= 0.3 is 5.69 Å². The Labute approximate surface area is 198 Å². The molecule has 1 atom stereocenters. The Bertz CT molecular complexity index is 1270. The highest BCUT2D eigenvalue weighted by atomic mass is 16.2. The van der Waals surface area contributed by atoms with E-state index in [0.717, 1.165) is 31.7 Å². The highest BCUT2D eigenvalue weighted by Crippen LogP contribution is 2.29. The fourth-order valence-corrected chi connectivity index (χ4v) is 4.79. The van der Waals surface area contributed by atoms with Crippen LogP contribution in [0.25, 0.3) is 11.0 Å². The molecule has 1 amide bonds. The molecule has 5 rings (SSSR count). The maximum absolute atomic E-state index is 13.0. The lowest BCUT2D eigenvalue weighted by molar-refractivity contribution is -0.121. The van der Waals surface area contributed by atoms with E-state index in [4.69, 9.17) is 0 Å². The molecule has 2 heterocycles. The number of imidazole rings is 1. The zero-order chi connectivity index (χ0) is 23.5. The minimum absolute atomic E-state index is 0.0478. The van der Waals surface area contributed by atoms with Gasteiger partial charge in [-0.3, -0.25) is 14.6 Å². The van der Waals surface area contributed by atoms with Gasteiger partial charge in [-0.1, -0.05) is 60.7 Å². The second kappa shape index (κ2) is 9.67. The number of hydrogen-bond donors (Lipinski definition) is 3. The van der Waals surface area contributed by atoms with Gasteiger partial charge in [0.25, 0.3) is 0 Å². The van der Waals surface area contributed by atoms with Gasteiger partial charge in [0.1, 0.15) is 0 Å². The molecule has 0 radical (unpaired) electrons. The number of nitrogens with zero attached hydrogens (tertiary/aromatic N) is 2. The van der Waals surface area contributed by atoms with Crippen LogP contribution in [0.3, 0.4) is 0 Å². The smallest absolute Gasteiger partial charge is 0.323 e. The monoisotopic (exact) mass is 455 g/mol. The Morgan fingerprint density at radius 2 is 1.35 bits per heavy atom. The summed E-state index contributed by atoms with van der Waals surface area (Å²) in [7, 11) is 0. The molecule has 3 N–H and O–H groups in total. The maximum atomic E-state index is 13.0. The number of aromatic nitrogens is 2. The fourth-order valence-electron chi connectivity index (χ4n) is 4.79. The first-order valence-electron chi connectivity index (χ1n) is 11.7. The Morgan fingerprint density at radius 3 is 1.97 bits per heavy atom. The van der Waals surface area contributed by atoms with Gasteiger partial charge in [0.2, 0.25) is 5.91 Å². The number of aromatic amines is 2. The first-order chi connectivity index (χ1) is 16.6. The van der Waals surface area contributed by atoms with Gasteiger partial charge in [-0.2, -0.15) is 0 Å². The van der Waals surface area contributed by atoms with Gasteiger partial charge in [-0.05, 0) is 36.2 Å². The summed E-state index contributed by atoms with van der Waals surface area (Å²) in [5.74, 6) is -0.0478. The first kappa shape index (κ1) is 22.1. The topological polar surface area (TPSA) is 84.2 Å². The molecule has 0 spiro atoms. The molecule has 3 aromatic carbocycles. The molecule has 1 aliphatic rings. The van der Waals surface area contributed by atoms with Crippen molar-refractivity contribution in [3.05, 3.63) is 100 Å². The predicted molar refractivity (Wildman–Crippen MR) is 135 cm³/mol. The van der Waals surface area contributed by atoms with Gasteiger partial charge in [-0.15, -0.1) is 0 Å². The minimum Gasteiger partial charge on any atom is -0.325 e. The molecule has 0 saturated carbocycles. The van der Waals surface area contributed by atoms with Gasteiger partial charge in [0, 0.05) is 31.9 Å². The lowest BCUT2D eigenvalue weighted by Crippen LogP contribution is -2.53. The van der Waals surface area contributed by atoms with Gasteiger partial charge in [0.15, 0.2) is 0 Å². The van der Waals surface area contributed by atoms with Crippen LogP contribution in [-0.2, 0) is 4.79 Å². The summed E-state index contributed by atoms with van der Waals surface area (Å²) in [5.41, 5.74) is 4.38. The third-order valence-corrected chi connectivity index (χ3v) is 6.66. The number of nitrogens with one attached hydrogen (secondary N) is 3. The van der Waals surface area contributed by atoms with Crippen LogP contribution in [0.1, 0.15) is 24.1 Å². The Hall–Kier alpha value is -3.68. The van der Waals surface area contributed by atoms with E-state index in [-0.39, 0.29) is 23.7 Å². The van der Waals surface area contributed by atoms with E-state index in [1.165, 1.54) is 11.1 Å². The van der Waals surface area contributed by atoms with E-state index >= 15 is 0 Å². The summed E-state index contributed by atoms with van der Waals surface area (Å²) in [6.45, 7) is 5.34. The SMILES string of the molecule is C[C@@H](C(=O)Nc1ccc2[nH]c(=O)[nH]c2c1)N1CCN(C(c2ccccc2)c2ccccc2)CC1. The van der Waals surface area contributed by atoms with Crippen LogP contribution in [0.5, 0.6) is 0 Å². The quantitative estimate of drug-likeness (QED) is 0.415. The van der Waals surface area contributed by atoms with Crippen molar-refractivity contribution in [2.24, 2.45) is 0 Å². The molecule has 34 heavy (non-hydrogen) atoms. The van der Waals surface area contributed by atoms with Crippen molar-refractivity contribution in [3.8, 4) is 0 Å². The van der Waals surface area contributed by atoms with Crippen LogP contribution in [0, 0.1) is 0 Å². The van der Waals surface area contributed by atoms with E-state index in [1.54, 1.807) is 18.2 Å². The second-order valence-electron chi connectivity index (χ2n) is 8.80. The summed E-state index contributed by atoms with van der Waals surface area (Å²) in [6.07, 6.45) is 0. The summed E-state index contributed by atoms with van der Waals surface area (Å²) in [4.78, 5) is 34.6. The third-order valence-electron chi connectivity index (χ3n) is 6.66. The molecular formula is C27H29N5O2. The summed E-state index contributed by atoms with van der Waals surface area (Å²) in [5, 5.41) is 3.00. The molecule has 4 aromatic rings. The summed E-state index contributed by atoms with van der Waals surface area (Å²) in [6, 6.07) is 26.5. The Morgan fingerprint density at radius 1 is 0.794 bits per heavy atom. The Balaban J connectivity index is 1.25. The number of hydrogen-bond acceptors (Lipinski definition) is 4. The number of H-pyrrole nitrogens is 2. The van der Waals surface area contributed by atoms with Crippen LogP contribution in [-0.4, -0.2) is 57.9 Å². The van der Waals surface area contributed by atoms with Crippen molar-refractivity contribution in [1.29, 1.82) is 0 Å². The number of piperazine rings is 1. The van der Waals surface area contributed by atoms with E-state index in [0.29, 0.717) is 11.2 Å². The lowest BCUT2D eigenvalue weighted by Gasteiger charge is -2.41. The number of anilines is 1. The molecule has 0 unspecified atom stereocenters. The van der Waals surface area contributed by atoms with Crippen LogP contribution < -0.4 is 11.0 Å². The number of benzene rings is 3. The zero-order valence-electron chi connectivity index (χ0n) is 19.2. The van der Waals surface area contributed by atoms with E-state index in [2.05, 4.69) is 85.7 Å². The van der Waals surface area contributed by atoms with Crippen molar-refractivity contribution in [2.45, 2.75) is 19.0 Å². The fraction of sp³-hybridized carbons (Fsp3) is 0.259. The maximum Gasteiger partial charge on any atom is 0.323 e. The number of fused-ring (bicyclic) bond motifs is 1. The third kappa shape index (κ3) is 4.66. The zero-order valence-corrected chi connectivity index (χ0v) is 19.2. The highest BCUT2D eigenvalue weighted by Gasteiger charge is 2.30. The molecule has 0 aliphatic carbocycles. The number of carbonyl (C=O) groups is 1. The van der Waals surface area contributed by atoms with E-state index in [1.807, 2.05) is 6.92 Å². The first-order valence-corrected chi connectivity index (χ1v) is 11.7. The standard InChI is InChI=1S/C27H29N5O2/c1-19(26(33)28-22-12-13-23-24(18-22)30-27(34)29-23)31-14-16-32(17-15-31)25(20-8-4-2-5-9-20)21-10-6-3-7-11-21/h2-13,18-19,25H,14-17H2,1H3,(H,28,33)(H2,29,30,34)/t19-/m0/s1. The minimum atomic E-state index is -0.256. The van der Waals surface area contributed by atoms with Crippen molar-refractivity contribution < 1.29 is 4.79 Å². The molecule has 174 valence electrons. The number of rotatable bonds is 6. The number of carbonyl (C=O) groups excluding carboxylic acids is 1. The summed E-state index contributed by atoms with van der Waals surface area (Å²) < 4.78 is 0. The van der Waals surface area contributed by atoms with Crippen LogP contribution in [0.15, 0.2) is 83.7 Å². The van der Waals surface area contributed by atoms with Crippen molar-refractivity contribution in [1.82, 2.24) is 19.8 Å². The van der Waals surface area contributed by atoms with Crippen molar-refractivity contribution in [3.63, 3.8) is 0 Å². The predicted octanol–water partition coefficient (Wildman–Crippen LogP) is 3.59. The average Bonchev–Trinajstić information content (AvgIpc) is 3.25. The Kier molecular flexibility index (Phi) is 6.29. The molecule has 1 aromatic heterocycles. The highest BCUT2D eigenvalue weighted by molar-refractivity contribution is 5.96. The van der Waals surface area contributed by atoms with Crippen molar-refractivity contribution in [2.75, 3.05) is 31.5 Å². The second-order valence-corrected chi connectivity index (χ2v) is 8.80. The van der Waals surface area contributed by atoms with Gasteiger partial charge in [-0.25, -0.2) is 4.79 Å². The van der Waals surface area contributed by atoms with Crippen LogP contribution in [0.2, 0.25) is 0 Å². The van der Waals surface area contributed by atoms with Gasteiger partial charge in [0.05, 0.1) is 23.1 Å². The molecule has 7 heteroatoms. The molecule has 1 saturated heterocycles. The van der Waals surface area contributed by atoms with Crippen LogP contribution >= 0.6 is 0 Å². The van der Waals surface area contributed by atoms with E-state index in [9.17, 15) is 9.59 Å². The van der Waals surface area contributed by atoms with Gasteiger partial charge < -0.3 is 15.3 Å². The molecule has 0 bridgehead atoms. The van der Waals surface area contributed by atoms with E-state index < -0.39 is 0 Å². The van der Waals surface area contributed by atoms with Crippen LogP contribution in [0.4, 0.5) is 5.69 Å². The van der Waals surface area contributed by atoms with Crippen molar-refractivity contribution >= 4 is 22.6 Å². The lowest BCUT2D eigenvalue weighted by atomic mass is 9.96. The molecule has 7 nitrogen and oxygen atoms in total. The molecular weight excluding hydrogens is 426 g/mol. The largest absolute Gasteiger partial charge is 0.325 e.